The van der Waals surface area contributed by atoms with E-state index in [1.54, 1.807) is 29.6 Å². The van der Waals surface area contributed by atoms with Crippen molar-refractivity contribution in [3.05, 3.63) is 82.2 Å². The summed E-state index contributed by atoms with van der Waals surface area (Å²) >= 11 is 6.56. The van der Waals surface area contributed by atoms with Crippen molar-refractivity contribution >= 4 is 44.6 Å². The van der Waals surface area contributed by atoms with Gasteiger partial charge in [-0.25, -0.2) is 8.42 Å². The van der Waals surface area contributed by atoms with Crippen LogP contribution in [0.15, 0.2) is 70.3 Å². The van der Waals surface area contributed by atoms with Crippen LogP contribution in [-0.4, -0.2) is 14.3 Å². The minimum atomic E-state index is -4.71. The van der Waals surface area contributed by atoms with Gasteiger partial charge in [0.1, 0.15) is 10.3 Å². The Labute approximate surface area is 179 Å². The lowest BCUT2D eigenvalue weighted by Crippen LogP contribution is -2.36. The number of halogens is 4. The average Bonchev–Trinajstić information content (AvgIpc) is 3.23. The minimum absolute atomic E-state index is 0.00193. The molecular weight excluding hydrogens is 461 g/mol. The van der Waals surface area contributed by atoms with Crippen molar-refractivity contribution in [2.24, 2.45) is 0 Å². The minimum Gasteiger partial charge on any atom is -0.324 e. The number of sulfonamides is 1. The van der Waals surface area contributed by atoms with Crippen LogP contribution in [0.2, 0.25) is 5.02 Å². The molecule has 11 heteroatoms. The second-order valence-electron chi connectivity index (χ2n) is 6.08. The second-order valence-corrected chi connectivity index (χ2v) is 9.37. The predicted molar refractivity (Wildman–Crippen MR) is 109 cm³/mol. The molecule has 158 valence electrons. The molecule has 1 atom stereocenters. The normalized spacial score (nSPS) is 13.1. The van der Waals surface area contributed by atoms with E-state index in [4.69, 9.17) is 11.6 Å². The van der Waals surface area contributed by atoms with E-state index in [9.17, 15) is 26.4 Å². The Balaban J connectivity index is 1.92. The van der Waals surface area contributed by atoms with E-state index in [-0.39, 0.29) is 9.90 Å². The Morgan fingerprint density at radius 3 is 2.33 bits per heavy atom. The van der Waals surface area contributed by atoms with Gasteiger partial charge in [-0.15, -0.1) is 11.3 Å². The Hall–Kier alpha value is -2.40. The second kappa shape index (κ2) is 8.76. The summed E-state index contributed by atoms with van der Waals surface area (Å²) < 4.78 is 66.8. The lowest BCUT2D eigenvalue weighted by molar-refractivity contribution is -0.137. The maximum Gasteiger partial charge on any atom is 0.417 e. The maximum absolute atomic E-state index is 13.1. The topological polar surface area (TPSA) is 75.3 Å². The Morgan fingerprint density at radius 2 is 1.73 bits per heavy atom. The van der Waals surface area contributed by atoms with Crippen molar-refractivity contribution in [1.29, 1.82) is 0 Å². The van der Waals surface area contributed by atoms with Crippen molar-refractivity contribution in [3.63, 3.8) is 0 Å². The first-order valence-electron chi connectivity index (χ1n) is 8.36. The summed E-state index contributed by atoms with van der Waals surface area (Å²) in [6, 6.07) is 12.4. The van der Waals surface area contributed by atoms with Crippen LogP contribution in [-0.2, 0) is 21.0 Å². The van der Waals surface area contributed by atoms with E-state index < -0.39 is 38.7 Å². The summed E-state index contributed by atoms with van der Waals surface area (Å²) in [5.41, 5.74) is -0.967. The first kappa shape index (κ1) is 22.3. The molecule has 1 amide bonds. The van der Waals surface area contributed by atoms with Crippen molar-refractivity contribution in [1.82, 2.24) is 4.72 Å². The molecule has 0 fully saturated rings. The summed E-state index contributed by atoms with van der Waals surface area (Å²) in [7, 11) is -4.03. The molecule has 3 aromatic rings. The third-order valence-electron chi connectivity index (χ3n) is 3.97. The SMILES string of the molecule is O=C(Nc1ccc(Cl)c(C(F)(F)F)c1)[C@@H](NS(=O)(=O)c1cccs1)c1ccccc1. The number of thiophene rings is 1. The molecule has 1 aromatic heterocycles. The highest BCUT2D eigenvalue weighted by atomic mass is 35.5. The molecule has 0 unspecified atom stereocenters. The van der Waals surface area contributed by atoms with Gasteiger partial charge in [0.2, 0.25) is 5.91 Å². The Bertz CT molecular complexity index is 1140. The number of hydrogen-bond acceptors (Lipinski definition) is 4. The number of carbonyl (C=O) groups is 1. The maximum atomic E-state index is 13.1. The third kappa shape index (κ3) is 5.20. The van der Waals surface area contributed by atoms with E-state index in [2.05, 4.69) is 10.0 Å². The van der Waals surface area contributed by atoms with Gasteiger partial charge in [-0.1, -0.05) is 48.0 Å². The van der Waals surface area contributed by atoms with Crippen LogP contribution >= 0.6 is 22.9 Å². The van der Waals surface area contributed by atoms with E-state index in [1.807, 2.05) is 0 Å². The summed E-state index contributed by atoms with van der Waals surface area (Å²) in [5, 5.41) is 3.38. The van der Waals surface area contributed by atoms with Gasteiger partial charge in [0.05, 0.1) is 10.6 Å². The number of rotatable bonds is 6. The smallest absolute Gasteiger partial charge is 0.324 e. The van der Waals surface area contributed by atoms with Gasteiger partial charge in [-0.05, 0) is 35.2 Å². The zero-order chi connectivity index (χ0) is 21.9. The van der Waals surface area contributed by atoms with Crippen LogP contribution in [0, 0.1) is 0 Å². The molecule has 0 aliphatic heterocycles. The lowest BCUT2D eigenvalue weighted by atomic mass is 10.1. The Kier molecular flexibility index (Phi) is 6.51. The fraction of sp³-hybridized carbons (Fsp3) is 0.105. The van der Waals surface area contributed by atoms with Crippen molar-refractivity contribution < 1.29 is 26.4 Å². The predicted octanol–water partition coefficient (Wildman–Crippen LogP) is 5.08. The molecule has 30 heavy (non-hydrogen) atoms. The number of hydrogen-bond donors (Lipinski definition) is 2. The molecule has 2 aromatic carbocycles. The number of amides is 1. The van der Waals surface area contributed by atoms with Crippen molar-refractivity contribution in [2.45, 2.75) is 16.4 Å². The summed E-state index contributed by atoms with van der Waals surface area (Å²) in [6.45, 7) is 0. The summed E-state index contributed by atoms with van der Waals surface area (Å²) in [5.74, 6) is -0.850. The molecule has 2 N–H and O–H groups in total. The molecule has 1 heterocycles. The van der Waals surface area contributed by atoms with Crippen LogP contribution < -0.4 is 10.0 Å². The summed E-state index contributed by atoms with van der Waals surface area (Å²) in [6.07, 6.45) is -4.71. The fourth-order valence-electron chi connectivity index (χ4n) is 2.58. The van der Waals surface area contributed by atoms with Crippen molar-refractivity contribution in [3.8, 4) is 0 Å². The fourth-order valence-corrected chi connectivity index (χ4v) is 5.00. The molecule has 0 radical (unpaired) electrons. The standard InChI is InChI=1S/C19H14ClF3N2O3S2/c20-15-9-8-13(11-14(15)19(21,22)23)24-18(26)17(12-5-2-1-3-6-12)25-30(27,28)16-7-4-10-29-16/h1-11,17,25H,(H,24,26)/t17-/m0/s1. The number of carbonyl (C=O) groups excluding carboxylic acids is 1. The Morgan fingerprint density at radius 1 is 1.03 bits per heavy atom. The molecule has 0 aliphatic rings. The largest absolute Gasteiger partial charge is 0.417 e. The molecule has 3 rings (SSSR count). The monoisotopic (exact) mass is 474 g/mol. The van der Waals surface area contributed by atoms with Gasteiger partial charge in [-0.3, -0.25) is 4.79 Å². The zero-order valence-corrected chi connectivity index (χ0v) is 17.4. The molecule has 0 saturated heterocycles. The van der Waals surface area contributed by atoms with Gasteiger partial charge in [-0.2, -0.15) is 17.9 Å². The number of anilines is 1. The molecular formula is C19H14ClF3N2O3S2. The average molecular weight is 475 g/mol. The van der Waals surface area contributed by atoms with E-state index in [1.165, 1.54) is 24.3 Å². The first-order chi connectivity index (χ1) is 14.1. The van der Waals surface area contributed by atoms with Crippen LogP contribution in [0.3, 0.4) is 0 Å². The van der Waals surface area contributed by atoms with Crippen molar-refractivity contribution in [2.75, 3.05) is 5.32 Å². The van der Waals surface area contributed by atoms with Gasteiger partial charge in [0, 0.05) is 5.69 Å². The highest BCUT2D eigenvalue weighted by Gasteiger charge is 2.34. The van der Waals surface area contributed by atoms with Gasteiger partial charge < -0.3 is 5.32 Å². The highest BCUT2D eigenvalue weighted by molar-refractivity contribution is 7.91. The van der Waals surface area contributed by atoms with Crippen LogP contribution in [0.5, 0.6) is 0 Å². The van der Waals surface area contributed by atoms with Gasteiger partial charge >= 0.3 is 6.18 Å². The zero-order valence-electron chi connectivity index (χ0n) is 15.0. The molecule has 0 spiro atoms. The summed E-state index contributed by atoms with van der Waals surface area (Å²) in [4.78, 5) is 12.9. The molecule has 0 bridgehead atoms. The van der Waals surface area contributed by atoms with Gasteiger partial charge in [0.25, 0.3) is 10.0 Å². The lowest BCUT2D eigenvalue weighted by Gasteiger charge is -2.19. The molecule has 0 saturated carbocycles. The quantitative estimate of drug-likeness (QED) is 0.523. The number of nitrogens with one attached hydrogen (secondary N) is 2. The molecule has 5 nitrogen and oxygen atoms in total. The first-order valence-corrected chi connectivity index (χ1v) is 11.1. The van der Waals surface area contributed by atoms with Crippen LogP contribution in [0.1, 0.15) is 17.2 Å². The van der Waals surface area contributed by atoms with E-state index in [0.717, 1.165) is 17.4 Å². The number of benzene rings is 2. The van der Waals surface area contributed by atoms with Gasteiger partial charge in [0.15, 0.2) is 0 Å². The van der Waals surface area contributed by atoms with Crippen LogP contribution in [0.25, 0.3) is 0 Å². The molecule has 0 aliphatic carbocycles. The number of alkyl halides is 3. The van der Waals surface area contributed by atoms with E-state index >= 15 is 0 Å². The highest BCUT2D eigenvalue weighted by Crippen LogP contribution is 2.36. The van der Waals surface area contributed by atoms with E-state index in [0.29, 0.717) is 11.6 Å². The van der Waals surface area contributed by atoms with Crippen LogP contribution in [0.4, 0.5) is 18.9 Å². The third-order valence-corrected chi connectivity index (χ3v) is 7.12.